The Morgan fingerprint density at radius 2 is 1.95 bits per heavy atom. The SMILES string of the molecule is CNC(=O)c1ccc(Cl)c(NC(=O)CNC(=O)CN)c1. The lowest BCUT2D eigenvalue weighted by Gasteiger charge is -2.09. The zero-order valence-electron chi connectivity index (χ0n) is 10.8. The normalized spacial score (nSPS) is 9.75. The molecule has 1 aromatic rings. The van der Waals surface area contributed by atoms with Crippen LogP contribution in [0.1, 0.15) is 10.4 Å². The molecule has 0 aliphatic heterocycles. The van der Waals surface area contributed by atoms with Crippen molar-refractivity contribution in [2.24, 2.45) is 5.73 Å². The van der Waals surface area contributed by atoms with E-state index in [-0.39, 0.29) is 24.0 Å². The fourth-order valence-corrected chi connectivity index (χ4v) is 1.52. The summed E-state index contributed by atoms with van der Waals surface area (Å²) in [5.41, 5.74) is 5.75. The molecule has 5 N–H and O–H groups in total. The van der Waals surface area contributed by atoms with Crippen molar-refractivity contribution in [1.82, 2.24) is 10.6 Å². The van der Waals surface area contributed by atoms with Crippen molar-refractivity contribution in [3.63, 3.8) is 0 Å². The molecule has 0 aromatic heterocycles. The Bertz CT molecular complexity index is 533. The second-order valence-electron chi connectivity index (χ2n) is 3.80. The Morgan fingerprint density at radius 1 is 1.25 bits per heavy atom. The molecule has 108 valence electrons. The molecule has 3 amide bonds. The number of hydrogen-bond acceptors (Lipinski definition) is 4. The molecule has 0 unspecified atom stereocenters. The smallest absolute Gasteiger partial charge is 0.251 e. The van der Waals surface area contributed by atoms with Crippen LogP contribution >= 0.6 is 11.6 Å². The van der Waals surface area contributed by atoms with Crippen LogP contribution in [0.4, 0.5) is 5.69 Å². The van der Waals surface area contributed by atoms with Gasteiger partial charge in [-0.25, -0.2) is 0 Å². The maximum absolute atomic E-state index is 11.6. The van der Waals surface area contributed by atoms with Gasteiger partial charge in [0, 0.05) is 12.6 Å². The van der Waals surface area contributed by atoms with Crippen molar-refractivity contribution in [3.05, 3.63) is 28.8 Å². The molecule has 8 heteroatoms. The van der Waals surface area contributed by atoms with Crippen LogP contribution < -0.4 is 21.7 Å². The molecule has 0 radical (unpaired) electrons. The van der Waals surface area contributed by atoms with Crippen LogP contribution in [0.2, 0.25) is 5.02 Å². The number of hydrogen-bond donors (Lipinski definition) is 4. The van der Waals surface area contributed by atoms with E-state index < -0.39 is 11.8 Å². The second-order valence-corrected chi connectivity index (χ2v) is 4.21. The highest BCUT2D eigenvalue weighted by molar-refractivity contribution is 6.34. The molecule has 20 heavy (non-hydrogen) atoms. The van der Waals surface area contributed by atoms with Crippen molar-refractivity contribution >= 4 is 35.0 Å². The van der Waals surface area contributed by atoms with Gasteiger partial charge < -0.3 is 21.7 Å². The lowest BCUT2D eigenvalue weighted by atomic mass is 10.2. The van der Waals surface area contributed by atoms with E-state index in [1.807, 2.05) is 0 Å². The number of benzene rings is 1. The van der Waals surface area contributed by atoms with Gasteiger partial charge in [-0.2, -0.15) is 0 Å². The number of nitrogens with one attached hydrogen (secondary N) is 3. The van der Waals surface area contributed by atoms with E-state index in [1.165, 1.54) is 25.2 Å². The van der Waals surface area contributed by atoms with E-state index in [0.29, 0.717) is 11.3 Å². The first-order valence-electron chi connectivity index (χ1n) is 5.76. The summed E-state index contributed by atoms with van der Waals surface area (Å²) in [6.45, 7) is -0.420. The van der Waals surface area contributed by atoms with Crippen LogP contribution in [-0.4, -0.2) is 37.9 Å². The maximum Gasteiger partial charge on any atom is 0.251 e. The number of amides is 3. The Hall–Kier alpha value is -2.12. The van der Waals surface area contributed by atoms with Crippen LogP contribution in [0.3, 0.4) is 0 Å². The van der Waals surface area contributed by atoms with Gasteiger partial charge in [-0.3, -0.25) is 14.4 Å². The highest BCUT2D eigenvalue weighted by atomic mass is 35.5. The van der Waals surface area contributed by atoms with Crippen molar-refractivity contribution in [2.75, 3.05) is 25.5 Å². The molecular formula is C12H15ClN4O3. The standard InChI is InChI=1S/C12H15ClN4O3/c1-15-12(20)7-2-3-8(13)9(4-7)17-11(19)6-16-10(18)5-14/h2-4H,5-6,14H2,1H3,(H,15,20)(H,16,18)(H,17,19). The van der Waals surface area contributed by atoms with Gasteiger partial charge in [-0.05, 0) is 18.2 Å². The molecule has 0 bridgehead atoms. The van der Waals surface area contributed by atoms with Gasteiger partial charge in [0.1, 0.15) is 0 Å². The summed E-state index contributed by atoms with van der Waals surface area (Å²) in [5, 5.41) is 7.58. The molecule has 1 aromatic carbocycles. The topological polar surface area (TPSA) is 113 Å². The van der Waals surface area contributed by atoms with Crippen LogP contribution in [0, 0.1) is 0 Å². The lowest BCUT2D eigenvalue weighted by molar-refractivity contribution is -0.123. The Morgan fingerprint density at radius 3 is 2.55 bits per heavy atom. The average Bonchev–Trinajstić information content (AvgIpc) is 2.46. The van der Waals surface area contributed by atoms with Crippen molar-refractivity contribution in [1.29, 1.82) is 0 Å². The summed E-state index contributed by atoms with van der Waals surface area (Å²) in [6.07, 6.45) is 0. The first-order valence-corrected chi connectivity index (χ1v) is 6.14. The first kappa shape index (κ1) is 15.9. The minimum atomic E-state index is -0.470. The molecule has 1 rings (SSSR count). The molecule has 0 atom stereocenters. The van der Waals surface area contributed by atoms with E-state index in [2.05, 4.69) is 16.0 Å². The zero-order valence-corrected chi connectivity index (χ0v) is 11.6. The van der Waals surface area contributed by atoms with Crippen LogP contribution in [0.5, 0.6) is 0 Å². The number of carbonyl (C=O) groups is 3. The van der Waals surface area contributed by atoms with Gasteiger partial charge >= 0.3 is 0 Å². The Labute approximate surface area is 120 Å². The molecule has 0 fully saturated rings. The summed E-state index contributed by atoms with van der Waals surface area (Å²) >= 11 is 5.92. The largest absolute Gasteiger partial charge is 0.355 e. The molecule has 0 heterocycles. The first-order chi connectivity index (χ1) is 9.47. The van der Waals surface area contributed by atoms with E-state index in [0.717, 1.165) is 0 Å². The molecule has 0 spiro atoms. The van der Waals surface area contributed by atoms with E-state index in [1.54, 1.807) is 0 Å². The van der Waals surface area contributed by atoms with Crippen LogP contribution in [-0.2, 0) is 9.59 Å². The monoisotopic (exact) mass is 298 g/mol. The third-order valence-electron chi connectivity index (χ3n) is 2.36. The average molecular weight is 299 g/mol. The van der Waals surface area contributed by atoms with Gasteiger partial charge in [0.15, 0.2) is 0 Å². The number of carbonyl (C=O) groups excluding carboxylic acids is 3. The molecular weight excluding hydrogens is 284 g/mol. The maximum atomic E-state index is 11.6. The van der Waals surface area contributed by atoms with Crippen LogP contribution in [0.25, 0.3) is 0 Å². The number of nitrogens with two attached hydrogens (primary N) is 1. The van der Waals surface area contributed by atoms with Gasteiger partial charge in [-0.1, -0.05) is 11.6 Å². The summed E-state index contributed by atoms with van der Waals surface area (Å²) in [7, 11) is 1.50. The fraction of sp³-hybridized carbons (Fsp3) is 0.250. The molecule has 0 saturated heterocycles. The highest BCUT2D eigenvalue weighted by Crippen LogP contribution is 2.22. The molecule has 0 aliphatic rings. The van der Waals surface area contributed by atoms with Gasteiger partial charge in [0.05, 0.1) is 23.8 Å². The quantitative estimate of drug-likeness (QED) is 0.598. The molecule has 0 saturated carbocycles. The summed E-state index contributed by atoms with van der Waals surface area (Å²) < 4.78 is 0. The minimum Gasteiger partial charge on any atom is -0.355 e. The van der Waals surface area contributed by atoms with Gasteiger partial charge in [0.25, 0.3) is 5.91 Å². The van der Waals surface area contributed by atoms with Gasteiger partial charge in [-0.15, -0.1) is 0 Å². The zero-order chi connectivity index (χ0) is 15.1. The Balaban J connectivity index is 2.73. The Kier molecular flexibility index (Phi) is 5.95. The second kappa shape index (κ2) is 7.46. The lowest BCUT2D eigenvalue weighted by Crippen LogP contribution is -2.36. The van der Waals surface area contributed by atoms with E-state index in [9.17, 15) is 14.4 Å². The number of rotatable bonds is 5. The van der Waals surface area contributed by atoms with Gasteiger partial charge in [0.2, 0.25) is 11.8 Å². The minimum absolute atomic E-state index is 0.194. The predicted molar refractivity (Wildman–Crippen MR) is 75.5 cm³/mol. The van der Waals surface area contributed by atoms with Crippen molar-refractivity contribution in [2.45, 2.75) is 0 Å². The molecule has 0 aliphatic carbocycles. The summed E-state index contributed by atoms with van der Waals surface area (Å²) in [5.74, 6) is -1.21. The molecule has 7 nitrogen and oxygen atoms in total. The third kappa shape index (κ3) is 4.52. The highest BCUT2D eigenvalue weighted by Gasteiger charge is 2.10. The predicted octanol–water partition coefficient (Wildman–Crippen LogP) is -0.287. The van der Waals surface area contributed by atoms with Crippen molar-refractivity contribution < 1.29 is 14.4 Å². The van der Waals surface area contributed by atoms with Crippen molar-refractivity contribution in [3.8, 4) is 0 Å². The van der Waals surface area contributed by atoms with E-state index >= 15 is 0 Å². The third-order valence-corrected chi connectivity index (χ3v) is 2.69. The number of halogens is 1. The number of anilines is 1. The summed E-state index contributed by atoms with van der Waals surface area (Å²) in [4.78, 5) is 34.0. The summed E-state index contributed by atoms with van der Waals surface area (Å²) in [6, 6.07) is 4.48. The fourth-order valence-electron chi connectivity index (χ4n) is 1.35. The van der Waals surface area contributed by atoms with E-state index in [4.69, 9.17) is 17.3 Å². The van der Waals surface area contributed by atoms with Crippen LogP contribution in [0.15, 0.2) is 18.2 Å².